The molecule has 0 radical (unpaired) electrons. The summed E-state index contributed by atoms with van der Waals surface area (Å²) in [5, 5.41) is 39.9. The van der Waals surface area contributed by atoms with Gasteiger partial charge >= 0.3 is 6.80 Å². The van der Waals surface area contributed by atoms with Crippen molar-refractivity contribution in [3.8, 4) is 11.5 Å². The van der Waals surface area contributed by atoms with Crippen LogP contribution in [-0.4, -0.2) is 30.2 Å². The minimum absolute atomic E-state index is 0.0917. The summed E-state index contributed by atoms with van der Waals surface area (Å²) in [6, 6.07) is 9.78. The van der Waals surface area contributed by atoms with Crippen LogP contribution in [0.4, 0.5) is 0 Å². The quantitative estimate of drug-likeness (QED) is 0.329. The largest absolute Gasteiger partial charge is 0.508 e. The highest BCUT2D eigenvalue weighted by Gasteiger charge is 2.33. The lowest BCUT2D eigenvalue weighted by molar-refractivity contribution is -0.179. The second-order valence-electron chi connectivity index (χ2n) is 5.78. The second kappa shape index (κ2) is 7.37. The van der Waals surface area contributed by atoms with E-state index in [4.69, 9.17) is 9.79 Å². The normalized spacial score (nSPS) is 13.6. The van der Waals surface area contributed by atoms with Gasteiger partial charge in [0.2, 0.25) is 0 Å². The summed E-state index contributed by atoms with van der Waals surface area (Å²) in [6.45, 7) is -2.79. The third-order valence-corrected chi connectivity index (χ3v) is 5.74. The first kappa shape index (κ1) is 19.8. The third-order valence-electron chi connectivity index (χ3n) is 3.67. The molecule has 6 N–H and O–H groups in total. The Hall–Kier alpha value is -1.54. The summed E-state index contributed by atoms with van der Waals surface area (Å²) in [7, 11) is 0. The summed E-state index contributed by atoms with van der Waals surface area (Å²) in [6.07, 6.45) is -0.155. The molecule has 1 atom stereocenters. The summed E-state index contributed by atoms with van der Waals surface area (Å²) in [5.41, 5.74) is 0.650. The molecule has 2 rings (SSSR count). The van der Waals surface area contributed by atoms with Gasteiger partial charge in [-0.1, -0.05) is 19.1 Å². The van der Waals surface area contributed by atoms with E-state index >= 15 is 0 Å². The van der Waals surface area contributed by atoms with E-state index in [1.807, 2.05) is 0 Å². The van der Waals surface area contributed by atoms with E-state index < -0.39 is 12.6 Å². The van der Waals surface area contributed by atoms with Crippen molar-refractivity contribution in [3.63, 3.8) is 0 Å². The lowest BCUT2D eigenvalue weighted by Gasteiger charge is -2.28. The van der Waals surface area contributed by atoms with E-state index in [0.717, 1.165) is 11.6 Å². The van der Waals surface area contributed by atoms with Crippen LogP contribution >= 0.6 is 18.2 Å². The first-order valence-electron chi connectivity index (χ1n) is 7.30. The van der Waals surface area contributed by atoms with Gasteiger partial charge in [0.1, 0.15) is 11.5 Å². The number of aromatic hydroxyl groups is 2. The average Bonchev–Trinajstić information content (AvgIpc) is 2.45. The van der Waals surface area contributed by atoms with E-state index in [-0.39, 0.29) is 45.7 Å². The molecule has 7 nitrogen and oxygen atoms in total. The van der Waals surface area contributed by atoms with Gasteiger partial charge in [-0.05, 0) is 53.2 Å². The predicted octanol–water partition coefficient (Wildman–Crippen LogP) is 2.61. The Bertz CT molecular complexity index is 786. The zero-order chi connectivity index (χ0) is 18.8. The minimum Gasteiger partial charge on any atom is -0.508 e. The Morgan fingerprint density at radius 2 is 1.60 bits per heavy atom. The molecule has 0 bridgehead atoms. The Morgan fingerprint density at radius 3 is 2.16 bits per heavy atom. The SMILES string of the molecule is CC(CC(O)(O)c1ccc(O)cc1SP(=O)(O)O)c1ccc(O)cc1. The molecule has 0 aliphatic rings. The summed E-state index contributed by atoms with van der Waals surface area (Å²) in [4.78, 5) is 18.2. The van der Waals surface area contributed by atoms with Crippen molar-refractivity contribution < 1.29 is 34.8 Å². The van der Waals surface area contributed by atoms with Crippen molar-refractivity contribution in [1.29, 1.82) is 0 Å². The average molecular weight is 386 g/mol. The van der Waals surface area contributed by atoms with E-state index in [1.54, 1.807) is 19.1 Å². The number of hydrogen-bond acceptors (Lipinski definition) is 6. The first-order valence-corrected chi connectivity index (χ1v) is 10.3. The van der Waals surface area contributed by atoms with Crippen molar-refractivity contribution in [3.05, 3.63) is 53.6 Å². The third kappa shape index (κ3) is 5.47. The Kier molecular flexibility index (Phi) is 5.83. The molecule has 2 aromatic rings. The van der Waals surface area contributed by atoms with Crippen molar-refractivity contribution in [1.82, 2.24) is 0 Å². The standard InChI is InChI=1S/C16H19O7PS/c1-10(11-2-4-12(17)5-3-11)9-16(19,20)14-7-6-13(18)8-15(14)25-24(21,22)23/h2-8,10,17-20H,9H2,1H3,(H2,21,22,23). The Morgan fingerprint density at radius 1 is 1.04 bits per heavy atom. The Labute approximate surface area is 148 Å². The van der Waals surface area contributed by atoms with Gasteiger partial charge in [0.15, 0.2) is 5.79 Å². The highest BCUT2D eigenvalue weighted by atomic mass is 32.7. The van der Waals surface area contributed by atoms with Crippen LogP contribution < -0.4 is 0 Å². The molecule has 0 fully saturated rings. The fourth-order valence-corrected chi connectivity index (χ4v) is 4.48. The minimum atomic E-state index is -4.55. The predicted molar refractivity (Wildman–Crippen MR) is 93.3 cm³/mol. The van der Waals surface area contributed by atoms with Crippen LogP contribution in [0.1, 0.15) is 30.4 Å². The van der Waals surface area contributed by atoms with Gasteiger partial charge in [0.05, 0.1) is 0 Å². The van der Waals surface area contributed by atoms with Crippen LogP contribution in [0.5, 0.6) is 11.5 Å². The topological polar surface area (TPSA) is 138 Å². The van der Waals surface area contributed by atoms with Gasteiger partial charge in [-0.25, -0.2) is 4.57 Å². The molecule has 0 spiro atoms. The first-order chi connectivity index (χ1) is 11.5. The van der Waals surface area contributed by atoms with Gasteiger partial charge in [0, 0.05) is 16.9 Å². The maximum absolute atomic E-state index is 11.3. The summed E-state index contributed by atoms with van der Waals surface area (Å²) in [5.74, 6) is -2.85. The van der Waals surface area contributed by atoms with E-state index in [0.29, 0.717) is 0 Å². The molecule has 0 saturated heterocycles. The van der Waals surface area contributed by atoms with Gasteiger partial charge < -0.3 is 30.2 Å². The zero-order valence-corrected chi connectivity index (χ0v) is 15.0. The van der Waals surface area contributed by atoms with E-state index in [9.17, 15) is 25.0 Å². The molecule has 0 aliphatic carbocycles. The second-order valence-corrected chi connectivity index (χ2v) is 9.35. The molecule has 0 heterocycles. The number of benzene rings is 2. The molecule has 25 heavy (non-hydrogen) atoms. The number of hydrogen-bond donors (Lipinski definition) is 6. The molecule has 0 amide bonds. The van der Waals surface area contributed by atoms with Gasteiger partial charge in [-0.3, -0.25) is 0 Å². The highest BCUT2D eigenvalue weighted by molar-refractivity contribution is 8.54. The van der Waals surface area contributed by atoms with Gasteiger partial charge in [-0.15, -0.1) is 0 Å². The number of phenols is 2. The number of rotatable bonds is 6. The highest BCUT2D eigenvalue weighted by Crippen LogP contribution is 2.56. The van der Waals surface area contributed by atoms with Crippen molar-refractivity contribution >= 4 is 18.2 Å². The fraction of sp³-hybridized carbons (Fsp3) is 0.250. The summed E-state index contributed by atoms with van der Waals surface area (Å²) >= 11 is 0.147. The Balaban J connectivity index is 2.32. The lowest BCUT2D eigenvalue weighted by atomic mass is 9.90. The van der Waals surface area contributed by atoms with E-state index in [1.165, 1.54) is 24.3 Å². The molecule has 9 heteroatoms. The fourth-order valence-electron chi connectivity index (χ4n) is 2.50. The van der Waals surface area contributed by atoms with Crippen LogP contribution in [0.25, 0.3) is 0 Å². The van der Waals surface area contributed by atoms with Crippen LogP contribution in [-0.2, 0) is 10.4 Å². The maximum atomic E-state index is 11.3. The molecule has 0 aliphatic heterocycles. The van der Waals surface area contributed by atoms with Crippen molar-refractivity contribution in [2.75, 3.05) is 0 Å². The molecule has 0 saturated carbocycles. The van der Waals surface area contributed by atoms with Gasteiger partial charge in [0.25, 0.3) is 0 Å². The molecule has 1 unspecified atom stereocenters. The molecular weight excluding hydrogens is 367 g/mol. The summed E-state index contributed by atoms with van der Waals surface area (Å²) < 4.78 is 11.3. The van der Waals surface area contributed by atoms with Crippen LogP contribution in [0.2, 0.25) is 0 Å². The molecular formula is C16H19O7PS. The van der Waals surface area contributed by atoms with Crippen LogP contribution in [0, 0.1) is 0 Å². The number of aliphatic hydroxyl groups is 2. The van der Waals surface area contributed by atoms with Crippen LogP contribution in [0.3, 0.4) is 0 Å². The zero-order valence-electron chi connectivity index (χ0n) is 13.3. The maximum Gasteiger partial charge on any atom is 0.388 e. The molecule has 2 aromatic carbocycles. The van der Waals surface area contributed by atoms with Gasteiger partial charge in [-0.2, -0.15) is 0 Å². The smallest absolute Gasteiger partial charge is 0.388 e. The molecule has 0 aromatic heterocycles. The molecule has 136 valence electrons. The lowest BCUT2D eigenvalue weighted by Crippen LogP contribution is -2.27. The van der Waals surface area contributed by atoms with Crippen molar-refractivity contribution in [2.24, 2.45) is 0 Å². The monoisotopic (exact) mass is 386 g/mol. The van der Waals surface area contributed by atoms with Crippen LogP contribution in [0.15, 0.2) is 47.4 Å². The van der Waals surface area contributed by atoms with E-state index in [2.05, 4.69) is 0 Å². The number of phenolic OH excluding ortho intramolecular Hbond substituents is 2. The van der Waals surface area contributed by atoms with Crippen molar-refractivity contribution in [2.45, 2.75) is 29.9 Å².